The molecule has 1 unspecified atom stereocenters. The van der Waals surface area contributed by atoms with Gasteiger partial charge in [0.2, 0.25) is 0 Å². The first-order valence-electron chi connectivity index (χ1n) is 11.7. The molecule has 2 aliphatic heterocycles. The lowest BCUT2D eigenvalue weighted by Gasteiger charge is -2.34. The van der Waals surface area contributed by atoms with Gasteiger partial charge in [-0.05, 0) is 52.2 Å². The zero-order chi connectivity index (χ0) is 24.0. The molecule has 2 saturated heterocycles. The minimum atomic E-state index is -1.10. The summed E-state index contributed by atoms with van der Waals surface area (Å²) in [5.74, 6) is 0.113. The van der Waals surface area contributed by atoms with E-state index in [2.05, 4.69) is 4.90 Å². The molecule has 0 saturated carbocycles. The number of amides is 2. The SMILES string of the molecule is CCOC(=O)C1CCCN(c2cccc(OC(C)(C)C(=O)N3CCCN(C(=O)O)CC3)c2)C1. The third-order valence-electron chi connectivity index (χ3n) is 6.17. The van der Waals surface area contributed by atoms with Gasteiger partial charge in [0.25, 0.3) is 5.91 Å². The van der Waals surface area contributed by atoms with Gasteiger partial charge < -0.3 is 29.3 Å². The highest BCUT2D eigenvalue weighted by atomic mass is 16.5. The molecular formula is C24H35N3O6. The minimum absolute atomic E-state index is 0.144. The molecule has 0 radical (unpaired) electrons. The number of hydrogen-bond acceptors (Lipinski definition) is 6. The van der Waals surface area contributed by atoms with Gasteiger partial charge in [0.05, 0.1) is 12.5 Å². The van der Waals surface area contributed by atoms with Crippen molar-refractivity contribution in [3.8, 4) is 5.75 Å². The summed E-state index contributed by atoms with van der Waals surface area (Å²) in [6.45, 7) is 8.67. The van der Waals surface area contributed by atoms with E-state index in [4.69, 9.17) is 9.47 Å². The lowest BCUT2D eigenvalue weighted by atomic mass is 9.97. The maximum absolute atomic E-state index is 13.2. The van der Waals surface area contributed by atoms with Crippen molar-refractivity contribution in [3.05, 3.63) is 24.3 Å². The molecular weight excluding hydrogens is 426 g/mol. The van der Waals surface area contributed by atoms with Crippen molar-refractivity contribution >= 4 is 23.7 Å². The molecule has 2 aliphatic rings. The number of hydrogen-bond donors (Lipinski definition) is 1. The van der Waals surface area contributed by atoms with Crippen LogP contribution in [-0.2, 0) is 14.3 Å². The lowest BCUT2D eigenvalue weighted by molar-refractivity contribution is -0.148. The average molecular weight is 462 g/mol. The number of esters is 1. The number of carbonyl (C=O) groups is 3. The summed E-state index contributed by atoms with van der Waals surface area (Å²) in [5, 5.41) is 9.22. The molecule has 2 heterocycles. The molecule has 1 aromatic carbocycles. The molecule has 9 heteroatoms. The average Bonchev–Trinajstić information content (AvgIpc) is 3.05. The fraction of sp³-hybridized carbons (Fsp3) is 0.625. The summed E-state index contributed by atoms with van der Waals surface area (Å²) < 4.78 is 11.3. The number of benzene rings is 1. The van der Waals surface area contributed by atoms with Gasteiger partial charge in [-0.3, -0.25) is 9.59 Å². The van der Waals surface area contributed by atoms with E-state index in [0.29, 0.717) is 51.5 Å². The first-order chi connectivity index (χ1) is 15.7. The molecule has 0 bridgehead atoms. The quantitative estimate of drug-likeness (QED) is 0.650. The normalized spacial score (nSPS) is 19.6. The van der Waals surface area contributed by atoms with Crippen LogP contribution in [-0.4, -0.2) is 84.4 Å². The van der Waals surface area contributed by atoms with Crippen molar-refractivity contribution in [2.24, 2.45) is 5.92 Å². The van der Waals surface area contributed by atoms with Crippen LogP contribution in [0.2, 0.25) is 0 Å². The van der Waals surface area contributed by atoms with Gasteiger partial charge in [-0.15, -0.1) is 0 Å². The number of nitrogens with zero attached hydrogens (tertiary/aromatic N) is 3. The van der Waals surface area contributed by atoms with Crippen LogP contribution in [0.5, 0.6) is 5.75 Å². The molecule has 0 aromatic heterocycles. The topological polar surface area (TPSA) is 99.6 Å². The van der Waals surface area contributed by atoms with E-state index >= 15 is 0 Å². The van der Waals surface area contributed by atoms with Crippen LogP contribution in [0.1, 0.15) is 40.0 Å². The van der Waals surface area contributed by atoms with E-state index in [1.54, 1.807) is 18.7 Å². The molecule has 3 rings (SSSR count). The van der Waals surface area contributed by atoms with E-state index < -0.39 is 11.7 Å². The molecule has 2 fully saturated rings. The summed E-state index contributed by atoms with van der Waals surface area (Å²) >= 11 is 0. The van der Waals surface area contributed by atoms with Crippen molar-refractivity contribution in [2.45, 2.75) is 45.6 Å². The molecule has 1 aromatic rings. The van der Waals surface area contributed by atoms with Gasteiger partial charge in [-0.1, -0.05) is 6.07 Å². The molecule has 2 amide bonds. The highest BCUT2D eigenvalue weighted by Gasteiger charge is 2.35. The Balaban J connectivity index is 1.65. The van der Waals surface area contributed by atoms with Crippen molar-refractivity contribution in [1.82, 2.24) is 9.80 Å². The van der Waals surface area contributed by atoms with Crippen LogP contribution in [0.25, 0.3) is 0 Å². The standard InChI is InChI=1S/C24H35N3O6/c1-4-32-21(28)18-8-6-11-27(17-18)19-9-5-10-20(16-19)33-24(2,3)22(29)25-12-7-13-26(15-14-25)23(30)31/h5,9-10,16,18H,4,6-8,11-15,17H2,1-3H3,(H,30,31). The van der Waals surface area contributed by atoms with E-state index in [-0.39, 0.29) is 17.8 Å². The molecule has 0 spiro atoms. The third-order valence-corrected chi connectivity index (χ3v) is 6.17. The number of piperidine rings is 1. The molecule has 1 N–H and O–H groups in total. The van der Waals surface area contributed by atoms with Gasteiger partial charge in [0.15, 0.2) is 5.60 Å². The summed E-state index contributed by atoms with van der Waals surface area (Å²) in [6, 6.07) is 7.58. The Kier molecular flexibility index (Phi) is 8.05. The van der Waals surface area contributed by atoms with E-state index in [0.717, 1.165) is 25.1 Å². The molecule has 1 atom stereocenters. The third kappa shape index (κ3) is 6.30. The van der Waals surface area contributed by atoms with Crippen molar-refractivity contribution in [3.63, 3.8) is 0 Å². The fourth-order valence-electron chi connectivity index (χ4n) is 4.44. The number of anilines is 1. The Morgan fingerprint density at radius 1 is 1.06 bits per heavy atom. The molecule has 33 heavy (non-hydrogen) atoms. The number of carbonyl (C=O) groups excluding carboxylic acids is 2. The van der Waals surface area contributed by atoms with Crippen LogP contribution < -0.4 is 9.64 Å². The maximum atomic E-state index is 13.2. The van der Waals surface area contributed by atoms with Gasteiger partial charge in [-0.2, -0.15) is 0 Å². The largest absolute Gasteiger partial charge is 0.478 e. The summed E-state index contributed by atoms with van der Waals surface area (Å²) in [6.07, 6.45) is 1.36. The van der Waals surface area contributed by atoms with Crippen LogP contribution in [0, 0.1) is 5.92 Å². The monoisotopic (exact) mass is 461 g/mol. The Hall–Kier alpha value is -2.97. The Morgan fingerprint density at radius 3 is 2.52 bits per heavy atom. The van der Waals surface area contributed by atoms with Crippen LogP contribution in [0.3, 0.4) is 0 Å². The highest BCUT2D eigenvalue weighted by Crippen LogP contribution is 2.29. The van der Waals surface area contributed by atoms with Crippen molar-refractivity contribution in [1.29, 1.82) is 0 Å². The smallest absolute Gasteiger partial charge is 0.407 e. The fourth-order valence-corrected chi connectivity index (χ4v) is 4.44. The second kappa shape index (κ2) is 10.8. The van der Waals surface area contributed by atoms with Crippen LogP contribution in [0.4, 0.5) is 10.5 Å². The van der Waals surface area contributed by atoms with E-state index in [1.165, 1.54) is 4.90 Å². The molecule has 182 valence electrons. The minimum Gasteiger partial charge on any atom is -0.478 e. The van der Waals surface area contributed by atoms with E-state index in [1.807, 2.05) is 31.2 Å². The van der Waals surface area contributed by atoms with Crippen LogP contribution in [0.15, 0.2) is 24.3 Å². The lowest BCUT2D eigenvalue weighted by Crippen LogP contribution is -2.50. The van der Waals surface area contributed by atoms with E-state index in [9.17, 15) is 19.5 Å². The Labute approximate surface area is 195 Å². The molecule has 9 nitrogen and oxygen atoms in total. The van der Waals surface area contributed by atoms with Crippen LogP contribution >= 0.6 is 0 Å². The Morgan fingerprint density at radius 2 is 1.79 bits per heavy atom. The summed E-state index contributed by atoms with van der Waals surface area (Å²) in [5.41, 5.74) is -0.163. The first-order valence-corrected chi connectivity index (χ1v) is 11.7. The maximum Gasteiger partial charge on any atom is 0.407 e. The molecule has 0 aliphatic carbocycles. The summed E-state index contributed by atoms with van der Waals surface area (Å²) in [4.78, 5) is 41.8. The van der Waals surface area contributed by atoms with Crippen molar-refractivity contribution in [2.75, 3.05) is 50.8 Å². The summed E-state index contributed by atoms with van der Waals surface area (Å²) in [7, 11) is 0. The van der Waals surface area contributed by atoms with Crippen molar-refractivity contribution < 1.29 is 29.0 Å². The van der Waals surface area contributed by atoms with Gasteiger partial charge in [0, 0.05) is 51.0 Å². The van der Waals surface area contributed by atoms with Gasteiger partial charge in [-0.25, -0.2) is 4.79 Å². The number of carboxylic acid groups (broad SMARTS) is 1. The second-order valence-electron chi connectivity index (χ2n) is 9.06. The van der Waals surface area contributed by atoms with Gasteiger partial charge >= 0.3 is 12.1 Å². The predicted molar refractivity (Wildman–Crippen MR) is 124 cm³/mol. The number of ether oxygens (including phenoxy) is 2. The zero-order valence-electron chi connectivity index (χ0n) is 19.8. The number of rotatable bonds is 6. The zero-order valence-corrected chi connectivity index (χ0v) is 19.8. The highest BCUT2D eigenvalue weighted by molar-refractivity contribution is 5.85. The second-order valence-corrected chi connectivity index (χ2v) is 9.06. The Bertz CT molecular complexity index is 858. The van der Waals surface area contributed by atoms with Gasteiger partial charge in [0.1, 0.15) is 5.75 Å². The first kappa shape index (κ1) is 24.7. The predicted octanol–water partition coefficient (Wildman–Crippen LogP) is 2.84.